The molecule has 0 aliphatic carbocycles. The maximum atomic E-state index is 13.5. The van der Waals surface area contributed by atoms with Gasteiger partial charge in [-0.2, -0.15) is 18.3 Å². The van der Waals surface area contributed by atoms with Crippen molar-refractivity contribution >= 4 is 23.4 Å². The van der Waals surface area contributed by atoms with Crippen LogP contribution in [0, 0.1) is 6.92 Å². The topological polar surface area (TPSA) is 88.5 Å². The Balaban J connectivity index is 1.61. The molecule has 42 heavy (non-hydrogen) atoms. The number of hydrogen-bond acceptors (Lipinski definition) is 4. The summed E-state index contributed by atoms with van der Waals surface area (Å²) in [5, 5.41) is 10.1. The Hall–Kier alpha value is -4.80. The van der Waals surface area contributed by atoms with Crippen LogP contribution in [0.5, 0.6) is 5.75 Å². The van der Waals surface area contributed by atoms with Crippen LogP contribution in [0.25, 0.3) is 16.8 Å². The number of ether oxygens (including phenoxy) is 1. The molecule has 0 atom stereocenters. The van der Waals surface area contributed by atoms with E-state index in [4.69, 9.17) is 4.74 Å². The summed E-state index contributed by atoms with van der Waals surface area (Å²) in [7, 11) is 1.57. The van der Waals surface area contributed by atoms with Crippen LogP contribution < -0.4 is 15.4 Å². The minimum Gasteiger partial charge on any atom is -0.497 e. The molecule has 3 aromatic carbocycles. The zero-order valence-electron chi connectivity index (χ0n) is 23.5. The average Bonchev–Trinajstić information content (AvgIpc) is 3.30. The third-order valence-corrected chi connectivity index (χ3v) is 6.54. The highest BCUT2D eigenvalue weighted by atomic mass is 19.4. The molecular weight excluding hydrogens is 547 g/mol. The molecule has 0 fully saturated rings. The number of aromatic nitrogens is 2. The number of amides is 3. The molecular formula is C31H32F3N5O3. The van der Waals surface area contributed by atoms with Gasteiger partial charge in [0.25, 0.3) is 0 Å². The summed E-state index contributed by atoms with van der Waals surface area (Å²) in [5.74, 6) is 0.592. The highest BCUT2D eigenvalue weighted by Gasteiger charge is 2.31. The maximum absolute atomic E-state index is 13.5. The number of urea groups is 1. The number of nitrogens with one attached hydrogen (secondary N) is 2. The van der Waals surface area contributed by atoms with Gasteiger partial charge in [-0.15, -0.1) is 0 Å². The molecule has 1 heterocycles. The number of carbonyl (C=O) groups excluding carboxylic acids is 2. The summed E-state index contributed by atoms with van der Waals surface area (Å²) < 4.78 is 46.4. The van der Waals surface area contributed by atoms with Gasteiger partial charge >= 0.3 is 12.2 Å². The second-order valence-electron chi connectivity index (χ2n) is 9.62. The molecule has 0 aliphatic heterocycles. The van der Waals surface area contributed by atoms with Gasteiger partial charge in [0.05, 0.1) is 24.1 Å². The third kappa shape index (κ3) is 7.28. The van der Waals surface area contributed by atoms with Gasteiger partial charge in [-0.05, 0) is 61.4 Å². The van der Waals surface area contributed by atoms with E-state index in [1.165, 1.54) is 17.0 Å². The monoisotopic (exact) mass is 579 g/mol. The van der Waals surface area contributed by atoms with Crippen LogP contribution in [-0.4, -0.2) is 46.8 Å². The quantitative estimate of drug-likeness (QED) is 0.209. The van der Waals surface area contributed by atoms with E-state index in [0.29, 0.717) is 34.9 Å². The van der Waals surface area contributed by atoms with Crippen molar-refractivity contribution < 1.29 is 27.5 Å². The zero-order chi connectivity index (χ0) is 30.3. The van der Waals surface area contributed by atoms with Crippen molar-refractivity contribution in [2.24, 2.45) is 0 Å². The molecule has 0 unspecified atom stereocenters. The Kier molecular flexibility index (Phi) is 9.51. The fourth-order valence-corrected chi connectivity index (χ4v) is 4.43. The number of halogens is 3. The molecule has 0 saturated heterocycles. The number of carbonyl (C=O) groups is 2. The Morgan fingerprint density at radius 3 is 2.33 bits per heavy atom. The van der Waals surface area contributed by atoms with Crippen molar-refractivity contribution in [1.82, 2.24) is 14.7 Å². The van der Waals surface area contributed by atoms with E-state index in [0.717, 1.165) is 24.1 Å². The molecule has 0 bridgehead atoms. The predicted octanol–water partition coefficient (Wildman–Crippen LogP) is 7.15. The molecule has 11 heteroatoms. The SMILES string of the molecule is CCCCN(CC(=O)Nc1c(-c2ccccc2)c(C)nn1-c1ccc(OC)cc1)C(=O)Nc1cccc(C(F)(F)F)c1. The van der Waals surface area contributed by atoms with Crippen LogP contribution in [0.4, 0.5) is 29.5 Å². The summed E-state index contributed by atoms with van der Waals surface area (Å²) in [6, 6.07) is 20.4. The highest BCUT2D eigenvalue weighted by Crippen LogP contribution is 2.34. The van der Waals surface area contributed by atoms with Crippen molar-refractivity contribution in [3.05, 3.63) is 90.1 Å². The van der Waals surface area contributed by atoms with Crippen LogP contribution in [-0.2, 0) is 11.0 Å². The fraction of sp³-hybridized carbons (Fsp3) is 0.258. The number of benzene rings is 3. The standard InChI is InChI=1S/C31H32F3N5O3/c1-4-5-18-38(30(41)35-24-13-9-12-23(19-24)31(32,33)34)20-27(40)36-29-28(22-10-7-6-8-11-22)21(2)37-39(29)25-14-16-26(42-3)17-15-25/h6-17,19H,4-5,18,20H2,1-3H3,(H,35,41)(H,36,40). The average molecular weight is 580 g/mol. The van der Waals surface area contributed by atoms with Gasteiger partial charge in [0.1, 0.15) is 18.1 Å². The highest BCUT2D eigenvalue weighted by molar-refractivity contribution is 5.99. The number of unbranched alkanes of at least 4 members (excludes halogenated alkanes) is 1. The molecule has 0 radical (unpaired) electrons. The van der Waals surface area contributed by atoms with Gasteiger partial charge in [0, 0.05) is 17.8 Å². The fourth-order valence-electron chi connectivity index (χ4n) is 4.43. The Morgan fingerprint density at radius 1 is 0.976 bits per heavy atom. The lowest BCUT2D eigenvalue weighted by atomic mass is 10.1. The molecule has 3 amide bonds. The second kappa shape index (κ2) is 13.2. The lowest BCUT2D eigenvalue weighted by molar-refractivity contribution is -0.137. The van der Waals surface area contributed by atoms with E-state index in [1.807, 2.05) is 56.3 Å². The van der Waals surface area contributed by atoms with E-state index >= 15 is 0 Å². The van der Waals surface area contributed by atoms with Crippen LogP contribution in [0.15, 0.2) is 78.9 Å². The summed E-state index contributed by atoms with van der Waals surface area (Å²) in [4.78, 5) is 27.9. The molecule has 0 saturated carbocycles. The van der Waals surface area contributed by atoms with Gasteiger partial charge in [0.15, 0.2) is 0 Å². The summed E-state index contributed by atoms with van der Waals surface area (Å²) in [6.07, 6.45) is -3.21. The zero-order valence-corrected chi connectivity index (χ0v) is 23.5. The number of hydrogen-bond donors (Lipinski definition) is 2. The first kappa shape index (κ1) is 30.2. The number of nitrogens with zero attached hydrogens (tertiary/aromatic N) is 3. The van der Waals surface area contributed by atoms with Crippen molar-refractivity contribution in [2.45, 2.75) is 32.9 Å². The van der Waals surface area contributed by atoms with Gasteiger partial charge < -0.3 is 20.3 Å². The van der Waals surface area contributed by atoms with Gasteiger partial charge in [-0.3, -0.25) is 4.79 Å². The third-order valence-electron chi connectivity index (χ3n) is 6.54. The van der Waals surface area contributed by atoms with Gasteiger partial charge in [0.2, 0.25) is 5.91 Å². The Labute approximate surface area is 242 Å². The number of anilines is 2. The Morgan fingerprint density at radius 2 is 1.69 bits per heavy atom. The van der Waals surface area contributed by atoms with Crippen LogP contribution in [0.2, 0.25) is 0 Å². The maximum Gasteiger partial charge on any atom is 0.416 e. The van der Waals surface area contributed by atoms with Gasteiger partial charge in [-0.1, -0.05) is 49.7 Å². The largest absolute Gasteiger partial charge is 0.497 e. The molecule has 220 valence electrons. The van der Waals surface area contributed by atoms with Crippen molar-refractivity contribution in [3.63, 3.8) is 0 Å². The summed E-state index contributed by atoms with van der Waals surface area (Å²) >= 11 is 0. The smallest absolute Gasteiger partial charge is 0.416 e. The van der Waals surface area contributed by atoms with Gasteiger partial charge in [-0.25, -0.2) is 9.48 Å². The second-order valence-corrected chi connectivity index (χ2v) is 9.62. The van der Waals surface area contributed by atoms with Crippen LogP contribution in [0.1, 0.15) is 31.0 Å². The van der Waals surface area contributed by atoms with Crippen molar-refractivity contribution in [3.8, 4) is 22.6 Å². The molecule has 8 nitrogen and oxygen atoms in total. The number of aryl methyl sites for hydroxylation is 1. The van der Waals surface area contributed by atoms with Crippen LogP contribution >= 0.6 is 0 Å². The first-order valence-corrected chi connectivity index (χ1v) is 13.4. The molecule has 0 spiro atoms. The molecule has 4 rings (SSSR count). The summed E-state index contributed by atoms with van der Waals surface area (Å²) in [5.41, 5.74) is 2.02. The minimum atomic E-state index is -4.55. The van der Waals surface area contributed by atoms with Crippen molar-refractivity contribution in [1.29, 1.82) is 0 Å². The Bertz CT molecular complexity index is 1520. The predicted molar refractivity (Wildman–Crippen MR) is 156 cm³/mol. The normalized spacial score (nSPS) is 11.2. The number of alkyl halides is 3. The first-order valence-electron chi connectivity index (χ1n) is 13.4. The lowest BCUT2D eigenvalue weighted by Gasteiger charge is -2.23. The van der Waals surface area contributed by atoms with E-state index < -0.39 is 23.7 Å². The number of methoxy groups -OCH3 is 1. The van der Waals surface area contributed by atoms with E-state index in [1.54, 1.807) is 23.9 Å². The molecule has 1 aromatic heterocycles. The molecule has 0 aliphatic rings. The van der Waals surface area contributed by atoms with Crippen molar-refractivity contribution in [2.75, 3.05) is 30.8 Å². The minimum absolute atomic E-state index is 0.0173. The number of rotatable bonds is 10. The molecule has 4 aromatic rings. The van der Waals surface area contributed by atoms with Crippen LogP contribution in [0.3, 0.4) is 0 Å². The first-order chi connectivity index (χ1) is 20.1. The van der Waals surface area contributed by atoms with E-state index in [2.05, 4.69) is 15.7 Å². The molecule has 2 N–H and O–H groups in total. The van der Waals surface area contributed by atoms with E-state index in [-0.39, 0.29) is 18.8 Å². The van der Waals surface area contributed by atoms with E-state index in [9.17, 15) is 22.8 Å². The summed E-state index contributed by atoms with van der Waals surface area (Å²) in [6.45, 7) is 3.68. The lowest BCUT2D eigenvalue weighted by Crippen LogP contribution is -2.41.